The summed E-state index contributed by atoms with van der Waals surface area (Å²) in [5, 5.41) is 11.2. The van der Waals surface area contributed by atoms with Crippen LogP contribution in [0.2, 0.25) is 0 Å². The lowest BCUT2D eigenvalue weighted by atomic mass is 10.3. The van der Waals surface area contributed by atoms with Crippen molar-refractivity contribution in [2.24, 2.45) is 0 Å². The molecule has 0 spiro atoms. The van der Waals surface area contributed by atoms with Crippen LogP contribution in [0.1, 0.15) is 20.3 Å². The minimum Gasteiger partial charge on any atom is -0.510 e. The molecule has 0 unspecified atom stereocenters. The van der Waals surface area contributed by atoms with Gasteiger partial charge in [0.05, 0.1) is 0 Å². The van der Waals surface area contributed by atoms with Crippen LogP contribution in [0.4, 0.5) is 0 Å². The molecule has 0 radical (unpaired) electrons. The second-order valence-corrected chi connectivity index (χ2v) is 2.53. The minimum atomic E-state index is 0.351. The van der Waals surface area contributed by atoms with Crippen LogP contribution >= 0.6 is 0 Å². The lowest BCUT2D eigenvalue weighted by molar-refractivity contribution is 0.480. The predicted octanol–water partition coefficient (Wildman–Crippen LogP) is 0.958. The first-order valence-electron chi connectivity index (χ1n) is 4.09. The normalized spacial score (nSPS) is 14.7. The zero-order valence-corrected chi connectivity index (χ0v) is 7.41. The van der Waals surface area contributed by atoms with Crippen LogP contribution in [0.15, 0.2) is 18.3 Å². The molecule has 0 atom stereocenters. The molecule has 1 N–H and O–H groups in total. The van der Waals surface area contributed by atoms with Crippen LogP contribution in [-0.2, 0) is 0 Å². The second kappa shape index (κ2) is 3.90. The van der Waals surface area contributed by atoms with Gasteiger partial charge in [0.25, 0.3) is 0 Å². The molecule has 1 heterocycles. The molecule has 0 saturated heterocycles. The van der Waals surface area contributed by atoms with Crippen LogP contribution in [0.5, 0.6) is 0 Å². The van der Waals surface area contributed by atoms with Gasteiger partial charge < -0.3 is 5.11 Å². The molecule has 0 saturated carbocycles. The van der Waals surface area contributed by atoms with Crippen LogP contribution < -0.4 is 10.6 Å². The van der Waals surface area contributed by atoms with Gasteiger partial charge in [-0.05, 0) is 18.2 Å². The Morgan fingerprint density at radius 3 is 3.00 bits per heavy atom. The molecule has 0 amide bonds. The van der Waals surface area contributed by atoms with E-state index in [1.54, 1.807) is 6.20 Å². The Hall–Kier alpha value is -1.31. The summed E-state index contributed by atoms with van der Waals surface area (Å²) < 4.78 is 0. The first kappa shape index (κ1) is 8.78. The zero-order valence-electron chi connectivity index (χ0n) is 7.41. The SMILES string of the molecule is C/C=c1/cccn/c1=C(\O)CC. The Bertz CT molecular complexity index is 368. The van der Waals surface area contributed by atoms with Crippen LogP contribution in [0.3, 0.4) is 0 Å². The topological polar surface area (TPSA) is 33.1 Å². The van der Waals surface area contributed by atoms with Crippen LogP contribution in [0, 0.1) is 0 Å². The Morgan fingerprint density at radius 2 is 2.42 bits per heavy atom. The number of aromatic nitrogens is 1. The van der Waals surface area contributed by atoms with Gasteiger partial charge in [-0.1, -0.05) is 19.1 Å². The van der Waals surface area contributed by atoms with Crippen molar-refractivity contribution < 1.29 is 5.11 Å². The molecule has 0 aliphatic heterocycles. The number of hydrogen-bond acceptors (Lipinski definition) is 2. The molecule has 1 aromatic heterocycles. The maximum atomic E-state index is 9.48. The Kier molecular flexibility index (Phi) is 2.86. The number of nitrogens with zero attached hydrogens (tertiary/aromatic N) is 1. The third-order valence-electron chi connectivity index (χ3n) is 1.76. The summed E-state index contributed by atoms with van der Waals surface area (Å²) in [4.78, 5) is 4.10. The van der Waals surface area contributed by atoms with E-state index < -0.39 is 0 Å². The standard InChI is InChI=1S/C10H13NO/c1-3-8-6-5-7-11-10(8)9(12)4-2/h3,5-7,12H,4H2,1-2H3/b8-3-,10-9-. The summed E-state index contributed by atoms with van der Waals surface area (Å²) in [6, 6.07) is 3.80. The average molecular weight is 163 g/mol. The van der Waals surface area contributed by atoms with E-state index in [4.69, 9.17) is 0 Å². The molecular formula is C10H13NO. The predicted molar refractivity (Wildman–Crippen MR) is 50.0 cm³/mol. The van der Waals surface area contributed by atoms with Crippen LogP contribution in [-0.4, -0.2) is 10.1 Å². The molecule has 0 aliphatic rings. The zero-order chi connectivity index (χ0) is 8.97. The van der Waals surface area contributed by atoms with Gasteiger partial charge in [-0.3, -0.25) is 4.98 Å². The summed E-state index contributed by atoms with van der Waals surface area (Å²) >= 11 is 0. The quantitative estimate of drug-likeness (QED) is 0.669. The molecule has 1 aromatic rings. The number of aliphatic hydroxyl groups is 1. The highest BCUT2D eigenvalue weighted by molar-refractivity contribution is 5.34. The van der Waals surface area contributed by atoms with E-state index >= 15 is 0 Å². The number of hydrogen-bond donors (Lipinski definition) is 1. The van der Waals surface area contributed by atoms with E-state index in [9.17, 15) is 5.11 Å². The molecule has 12 heavy (non-hydrogen) atoms. The third-order valence-corrected chi connectivity index (χ3v) is 1.76. The Labute approximate surface area is 71.9 Å². The van der Waals surface area contributed by atoms with Gasteiger partial charge in [-0.15, -0.1) is 0 Å². The lowest BCUT2D eigenvalue weighted by Crippen LogP contribution is -2.29. The van der Waals surface area contributed by atoms with E-state index in [0.717, 1.165) is 5.22 Å². The van der Waals surface area contributed by atoms with Crippen molar-refractivity contribution in [3.63, 3.8) is 0 Å². The fourth-order valence-corrected chi connectivity index (χ4v) is 1.06. The van der Waals surface area contributed by atoms with E-state index in [0.29, 0.717) is 17.5 Å². The molecule has 0 aliphatic carbocycles. The van der Waals surface area contributed by atoms with Gasteiger partial charge >= 0.3 is 0 Å². The van der Waals surface area contributed by atoms with Crippen molar-refractivity contribution >= 4 is 11.8 Å². The molecule has 0 aromatic carbocycles. The van der Waals surface area contributed by atoms with E-state index in [1.807, 2.05) is 32.1 Å². The monoisotopic (exact) mass is 163 g/mol. The van der Waals surface area contributed by atoms with Gasteiger partial charge in [0.2, 0.25) is 0 Å². The highest BCUT2D eigenvalue weighted by atomic mass is 16.3. The van der Waals surface area contributed by atoms with E-state index in [1.165, 1.54) is 0 Å². The van der Waals surface area contributed by atoms with Crippen molar-refractivity contribution in [3.8, 4) is 0 Å². The average Bonchev–Trinajstić information content (AvgIpc) is 2.16. The molecule has 0 fully saturated rings. The van der Waals surface area contributed by atoms with Gasteiger partial charge in [0.1, 0.15) is 11.1 Å². The maximum absolute atomic E-state index is 9.48. The molecule has 0 bridgehead atoms. The summed E-state index contributed by atoms with van der Waals surface area (Å²) in [5.41, 5.74) is 0. The van der Waals surface area contributed by atoms with Crippen molar-refractivity contribution in [2.75, 3.05) is 0 Å². The molecular weight excluding hydrogens is 150 g/mol. The van der Waals surface area contributed by atoms with Crippen molar-refractivity contribution in [2.45, 2.75) is 20.3 Å². The maximum Gasteiger partial charge on any atom is 0.118 e. The number of aliphatic hydroxyl groups excluding tert-OH is 1. The van der Waals surface area contributed by atoms with E-state index in [-0.39, 0.29) is 0 Å². The third kappa shape index (κ3) is 1.64. The van der Waals surface area contributed by atoms with Crippen LogP contribution in [0.25, 0.3) is 11.8 Å². The number of rotatable bonds is 1. The first-order valence-corrected chi connectivity index (χ1v) is 4.09. The van der Waals surface area contributed by atoms with Gasteiger partial charge in [-0.25, -0.2) is 0 Å². The number of pyridine rings is 1. The largest absolute Gasteiger partial charge is 0.510 e. The fraction of sp³-hybridized carbons (Fsp3) is 0.300. The Balaban J connectivity index is 3.54. The van der Waals surface area contributed by atoms with Gasteiger partial charge in [0, 0.05) is 12.6 Å². The highest BCUT2D eigenvalue weighted by Crippen LogP contribution is 1.88. The summed E-state index contributed by atoms with van der Waals surface area (Å²) in [6.45, 7) is 3.84. The van der Waals surface area contributed by atoms with Crippen molar-refractivity contribution in [1.29, 1.82) is 0 Å². The summed E-state index contributed by atoms with van der Waals surface area (Å²) in [7, 11) is 0. The molecule has 1 rings (SSSR count). The molecule has 2 heteroatoms. The van der Waals surface area contributed by atoms with E-state index in [2.05, 4.69) is 4.98 Å². The van der Waals surface area contributed by atoms with Crippen molar-refractivity contribution in [3.05, 3.63) is 28.9 Å². The Morgan fingerprint density at radius 1 is 1.67 bits per heavy atom. The smallest absolute Gasteiger partial charge is 0.118 e. The van der Waals surface area contributed by atoms with Gasteiger partial charge in [0.15, 0.2) is 0 Å². The fourth-order valence-electron chi connectivity index (χ4n) is 1.06. The lowest BCUT2D eigenvalue weighted by Gasteiger charge is -1.93. The van der Waals surface area contributed by atoms with Crippen molar-refractivity contribution in [1.82, 2.24) is 4.98 Å². The molecule has 64 valence electrons. The molecule has 2 nitrogen and oxygen atoms in total. The minimum absolute atomic E-state index is 0.351. The first-order chi connectivity index (χ1) is 5.79. The summed E-state index contributed by atoms with van der Waals surface area (Å²) in [5.74, 6) is 0.351. The van der Waals surface area contributed by atoms with Gasteiger partial charge in [-0.2, -0.15) is 0 Å². The highest BCUT2D eigenvalue weighted by Gasteiger charge is 1.92. The second-order valence-electron chi connectivity index (χ2n) is 2.53. The summed E-state index contributed by atoms with van der Waals surface area (Å²) in [6.07, 6.45) is 4.25.